The van der Waals surface area contributed by atoms with Gasteiger partial charge in [0, 0.05) is 18.8 Å². The highest BCUT2D eigenvalue weighted by Crippen LogP contribution is 2.41. The second-order valence-electron chi connectivity index (χ2n) is 5.50. The van der Waals surface area contributed by atoms with Crippen LogP contribution in [0, 0.1) is 0 Å². The van der Waals surface area contributed by atoms with Gasteiger partial charge in [0.25, 0.3) is 0 Å². The molecule has 2 heteroatoms. The summed E-state index contributed by atoms with van der Waals surface area (Å²) in [5.41, 5.74) is 5.24. The Morgan fingerprint density at radius 2 is 1.75 bits per heavy atom. The van der Waals surface area contributed by atoms with Gasteiger partial charge in [0.2, 0.25) is 0 Å². The van der Waals surface area contributed by atoms with E-state index >= 15 is 0 Å². The van der Waals surface area contributed by atoms with E-state index in [1.165, 1.54) is 29.5 Å². The van der Waals surface area contributed by atoms with Crippen molar-refractivity contribution in [1.29, 1.82) is 0 Å². The molecule has 0 heterocycles. The molecule has 1 saturated carbocycles. The molecule has 0 spiro atoms. The van der Waals surface area contributed by atoms with Gasteiger partial charge >= 0.3 is 0 Å². The second kappa shape index (κ2) is 6.10. The van der Waals surface area contributed by atoms with E-state index in [9.17, 15) is 0 Å². The summed E-state index contributed by atoms with van der Waals surface area (Å²) in [5.74, 6) is 0.792. The van der Waals surface area contributed by atoms with Crippen LogP contribution in [-0.2, 0) is 13.0 Å². The number of rotatable bonds is 6. The number of aliphatic hydroxyl groups is 1. The lowest BCUT2D eigenvalue weighted by molar-refractivity contribution is 0.299. The van der Waals surface area contributed by atoms with E-state index in [4.69, 9.17) is 5.11 Å². The average Bonchev–Trinajstić information content (AvgIpc) is 3.32. The van der Waals surface area contributed by atoms with E-state index in [-0.39, 0.29) is 6.61 Å². The molecule has 1 fully saturated rings. The molecular formula is C18H21NO. The van der Waals surface area contributed by atoms with E-state index < -0.39 is 0 Å². The SMILES string of the molecule is OCCc1ccc(NCc2ccccc2C2CC2)cc1. The van der Waals surface area contributed by atoms with Gasteiger partial charge in [-0.15, -0.1) is 0 Å². The number of nitrogens with one attached hydrogen (secondary N) is 1. The fourth-order valence-electron chi connectivity index (χ4n) is 2.60. The van der Waals surface area contributed by atoms with Crippen LogP contribution in [0.1, 0.15) is 35.4 Å². The van der Waals surface area contributed by atoms with Gasteiger partial charge in [0.05, 0.1) is 0 Å². The van der Waals surface area contributed by atoms with Crippen LogP contribution in [-0.4, -0.2) is 11.7 Å². The summed E-state index contributed by atoms with van der Waals surface area (Å²) < 4.78 is 0. The van der Waals surface area contributed by atoms with Gasteiger partial charge in [-0.25, -0.2) is 0 Å². The van der Waals surface area contributed by atoms with Gasteiger partial charge in [-0.2, -0.15) is 0 Å². The molecule has 1 aliphatic carbocycles. The Morgan fingerprint density at radius 3 is 2.45 bits per heavy atom. The van der Waals surface area contributed by atoms with E-state index in [0.29, 0.717) is 0 Å². The van der Waals surface area contributed by atoms with Crippen molar-refractivity contribution in [2.45, 2.75) is 31.7 Å². The molecule has 104 valence electrons. The fourth-order valence-corrected chi connectivity index (χ4v) is 2.60. The van der Waals surface area contributed by atoms with Crippen LogP contribution < -0.4 is 5.32 Å². The first-order chi connectivity index (χ1) is 9.86. The Kier molecular flexibility index (Phi) is 4.03. The minimum atomic E-state index is 0.210. The van der Waals surface area contributed by atoms with Crippen LogP contribution in [0.25, 0.3) is 0 Å². The quantitative estimate of drug-likeness (QED) is 0.836. The molecule has 20 heavy (non-hydrogen) atoms. The summed E-state index contributed by atoms with van der Waals surface area (Å²) in [6, 6.07) is 17.1. The summed E-state index contributed by atoms with van der Waals surface area (Å²) >= 11 is 0. The average molecular weight is 267 g/mol. The van der Waals surface area contributed by atoms with Crippen LogP contribution >= 0.6 is 0 Å². The van der Waals surface area contributed by atoms with E-state index in [1.54, 1.807) is 0 Å². The zero-order valence-electron chi connectivity index (χ0n) is 11.7. The molecule has 1 aliphatic rings. The van der Waals surface area contributed by atoms with E-state index in [2.05, 4.69) is 53.8 Å². The zero-order valence-corrected chi connectivity index (χ0v) is 11.7. The van der Waals surface area contributed by atoms with Crippen molar-refractivity contribution in [2.24, 2.45) is 0 Å². The highest BCUT2D eigenvalue weighted by molar-refractivity contribution is 5.46. The lowest BCUT2D eigenvalue weighted by Crippen LogP contribution is -2.02. The number of hydrogen-bond acceptors (Lipinski definition) is 2. The zero-order chi connectivity index (χ0) is 13.8. The van der Waals surface area contributed by atoms with Crippen molar-refractivity contribution in [3.8, 4) is 0 Å². The predicted octanol–water partition coefficient (Wildman–Crippen LogP) is 3.71. The minimum Gasteiger partial charge on any atom is -0.396 e. The molecule has 2 aromatic carbocycles. The molecule has 0 unspecified atom stereocenters. The molecule has 0 aromatic heterocycles. The Hall–Kier alpha value is -1.80. The Bertz CT molecular complexity index is 558. The van der Waals surface area contributed by atoms with E-state index in [1.807, 2.05) is 0 Å². The molecule has 0 saturated heterocycles. The Morgan fingerprint density at radius 1 is 1.00 bits per heavy atom. The van der Waals surface area contributed by atoms with Crippen LogP contribution in [0.5, 0.6) is 0 Å². The smallest absolute Gasteiger partial charge is 0.0471 e. The lowest BCUT2D eigenvalue weighted by Gasteiger charge is -2.11. The van der Waals surface area contributed by atoms with Crippen LogP contribution in [0.2, 0.25) is 0 Å². The number of anilines is 1. The van der Waals surface area contributed by atoms with Gasteiger partial charge < -0.3 is 10.4 Å². The normalized spacial score (nSPS) is 14.2. The topological polar surface area (TPSA) is 32.3 Å². The van der Waals surface area contributed by atoms with Gasteiger partial charge in [0.15, 0.2) is 0 Å². The van der Waals surface area contributed by atoms with Crippen molar-refractivity contribution >= 4 is 5.69 Å². The molecule has 0 atom stereocenters. The summed E-state index contributed by atoms with van der Waals surface area (Å²) in [5, 5.41) is 12.4. The number of benzene rings is 2. The minimum absolute atomic E-state index is 0.210. The molecular weight excluding hydrogens is 246 g/mol. The molecule has 2 N–H and O–H groups in total. The van der Waals surface area contributed by atoms with Gasteiger partial charge in [0.1, 0.15) is 0 Å². The summed E-state index contributed by atoms with van der Waals surface area (Å²) in [6.07, 6.45) is 3.41. The predicted molar refractivity (Wildman–Crippen MR) is 83.0 cm³/mol. The van der Waals surface area contributed by atoms with Crippen molar-refractivity contribution < 1.29 is 5.11 Å². The van der Waals surface area contributed by atoms with Gasteiger partial charge in [-0.05, 0) is 54.0 Å². The van der Waals surface area contributed by atoms with E-state index in [0.717, 1.165) is 24.6 Å². The third-order valence-electron chi connectivity index (χ3n) is 3.91. The molecule has 2 nitrogen and oxygen atoms in total. The number of hydrogen-bond donors (Lipinski definition) is 2. The van der Waals surface area contributed by atoms with Gasteiger partial charge in [-0.3, -0.25) is 0 Å². The van der Waals surface area contributed by atoms with Crippen LogP contribution in [0.4, 0.5) is 5.69 Å². The van der Waals surface area contributed by atoms with Crippen molar-refractivity contribution in [2.75, 3.05) is 11.9 Å². The van der Waals surface area contributed by atoms with Crippen molar-refractivity contribution in [1.82, 2.24) is 0 Å². The highest BCUT2D eigenvalue weighted by Gasteiger charge is 2.25. The summed E-state index contributed by atoms with van der Waals surface area (Å²) in [7, 11) is 0. The third kappa shape index (κ3) is 3.20. The summed E-state index contributed by atoms with van der Waals surface area (Å²) in [6.45, 7) is 1.09. The fraction of sp³-hybridized carbons (Fsp3) is 0.333. The maximum atomic E-state index is 8.91. The van der Waals surface area contributed by atoms with Crippen LogP contribution in [0.3, 0.4) is 0 Å². The van der Waals surface area contributed by atoms with Gasteiger partial charge in [-0.1, -0.05) is 36.4 Å². The highest BCUT2D eigenvalue weighted by atomic mass is 16.2. The molecule has 0 radical (unpaired) electrons. The lowest BCUT2D eigenvalue weighted by atomic mass is 10.0. The monoisotopic (exact) mass is 267 g/mol. The Labute approximate surface area is 120 Å². The molecule has 0 aliphatic heterocycles. The van der Waals surface area contributed by atoms with Crippen molar-refractivity contribution in [3.05, 3.63) is 65.2 Å². The summed E-state index contributed by atoms with van der Waals surface area (Å²) in [4.78, 5) is 0. The molecule has 0 amide bonds. The molecule has 0 bridgehead atoms. The number of aliphatic hydroxyl groups excluding tert-OH is 1. The van der Waals surface area contributed by atoms with Crippen molar-refractivity contribution in [3.63, 3.8) is 0 Å². The Balaban J connectivity index is 1.64. The second-order valence-corrected chi connectivity index (χ2v) is 5.50. The molecule has 3 rings (SSSR count). The molecule has 2 aromatic rings. The largest absolute Gasteiger partial charge is 0.396 e. The first-order valence-corrected chi connectivity index (χ1v) is 7.38. The standard InChI is InChI=1S/C18H21NO/c20-12-11-14-5-9-17(10-6-14)19-13-16-3-1-2-4-18(16)15-7-8-15/h1-6,9-10,15,19-20H,7-8,11-13H2. The van der Waals surface area contributed by atoms with Crippen LogP contribution in [0.15, 0.2) is 48.5 Å². The first-order valence-electron chi connectivity index (χ1n) is 7.38. The maximum Gasteiger partial charge on any atom is 0.0471 e. The first kappa shape index (κ1) is 13.2. The maximum absolute atomic E-state index is 8.91. The third-order valence-corrected chi connectivity index (χ3v) is 3.91.